The average Bonchev–Trinajstić information content (AvgIpc) is 2.75. The van der Waals surface area contributed by atoms with Crippen molar-refractivity contribution in [3.8, 4) is 0 Å². The summed E-state index contributed by atoms with van der Waals surface area (Å²) in [4.78, 5) is 0. The number of benzene rings is 1. The molecule has 1 aromatic carbocycles. The van der Waals surface area contributed by atoms with Crippen molar-refractivity contribution in [2.45, 2.75) is 24.3 Å². The summed E-state index contributed by atoms with van der Waals surface area (Å²) < 4.78 is 41.9. The van der Waals surface area contributed by atoms with E-state index in [2.05, 4.69) is 0 Å². The molecule has 1 saturated heterocycles. The lowest BCUT2D eigenvalue weighted by atomic mass is 10.0. The van der Waals surface area contributed by atoms with Gasteiger partial charge in [0.25, 0.3) is 0 Å². The van der Waals surface area contributed by atoms with Crippen molar-refractivity contribution in [1.29, 1.82) is 0 Å². The van der Waals surface area contributed by atoms with Gasteiger partial charge in [0.2, 0.25) is 0 Å². The predicted octanol–water partition coefficient (Wildman–Crippen LogP) is 3.52. The summed E-state index contributed by atoms with van der Waals surface area (Å²) in [5.41, 5.74) is -1.09. The molecular weight excluding hydrogens is 229 g/mol. The fraction of sp³-hybridized carbons (Fsp3) is 0.400. The number of hydrogen-bond acceptors (Lipinski definition) is 1. The van der Waals surface area contributed by atoms with E-state index in [4.69, 9.17) is 16.3 Å². The molecule has 15 heavy (non-hydrogen) atoms. The number of ether oxygens (including phenoxy) is 1. The number of rotatable bonds is 1. The standard InChI is InChI=1S/C10H8ClF3O/c1-9(8(11)15-9)6-2-4-7(5-3-6)10(12,13)14/h2-5,8H,1H3. The van der Waals surface area contributed by atoms with Gasteiger partial charge in [-0.05, 0) is 24.6 Å². The Hall–Kier alpha value is -0.740. The minimum absolute atomic E-state index is 0.450. The van der Waals surface area contributed by atoms with Crippen molar-refractivity contribution in [2.75, 3.05) is 0 Å². The second-order valence-electron chi connectivity index (χ2n) is 3.62. The molecule has 0 amide bonds. The molecule has 1 heterocycles. The van der Waals surface area contributed by atoms with E-state index in [1.807, 2.05) is 0 Å². The first-order valence-corrected chi connectivity index (χ1v) is 4.77. The molecule has 1 nitrogen and oxygen atoms in total. The van der Waals surface area contributed by atoms with Crippen LogP contribution in [0.3, 0.4) is 0 Å². The Balaban J connectivity index is 2.26. The Labute approximate surface area is 89.8 Å². The molecule has 0 spiro atoms. The van der Waals surface area contributed by atoms with E-state index in [0.717, 1.165) is 12.1 Å². The third kappa shape index (κ3) is 1.84. The van der Waals surface area contributed by atoms with Crippen LogP contribution >= 0.6 is 11.6 Å². The molecule has 1 aliphatic rings. The second kappa shape index (κ2) is 3.12. The van der Waals surface area contributed by atoms with Gasteiger partial charge in [0, 0.05) is 0 Å². The Morgan fingerprint density at radius 3 is 2.07 bits per heavy atom. The minimum atomic E-state index is -4.30. The monoisotopic (exact) mass is 236 g/mol. The molecule has 1 fully saturated rings. The first-order chi connectivity index (χ1) is 6.84. The number of alkyl halides is 4. The Bertz CT molecular complexity index is 373. The third-order valence-corrected chi connectivity index (χ3v) is 3.02. The van der Waals surface area contributed by atoms with Crippen LogP contribution in [0.15, 0.2) is 24.3 Å². The zero-order chi connectivity index (χ0) is 11.3. The van der Waals surface area contributed by atoms with E-state index >= 15 is 0 Å². The van der Waals surface area contributed by atoms with Gasteiger partial charge in [-0.25, -0.2) is 0 Å². The van der Waals surface area contributed by atoms with Crippen molar-refractivity contribution in [3.05, 3.63) is 35.4 Å². The lowest BCUT2D eigenvalue weighted by Crippen LogP contribution is -2.08. The van der Waals surface area contributed by atoms with Gasteiger partial charge in [0.15, 0.2) is 5.56 Å². The second-order valence-corrected chi connectivity index (χ2v) is 4.01. The SMILES string of the molecule is CC1(c2ccc(C(F)(F)F)cc2)OC1Cl. The molecule has 0 N–H and O–H groups in total. The van der Waals surface area contributed by atoms with Gasteiger partial charge in [-0.15, -0.1) is 0 Å². The van der Waals surface area contributed by atoms with Gasteiger partial charge in [-0.2, -0.15) is 13.2 Å². The van der Waals surface area contributed by atoms with Gasteiger partial charge in [-0.1, -0.05) is 23.7 Å². The van der Waals surface area contributed by atoms with Crippen LogP contribution < -0.4 is 0 Å². The van der Waals surface area contributed by atoms with Crippen LogP contribution in [0.1, 0.15) is 18.1 Å². The van der Waals surface area contributed by atoms with Gasteiger partial charge in [0.1, 0.15) is 5.60 Å². The molecule has 0 saturated carbocycles. The maximum atomic E-state index is 12.3. The lowest BCUT2D eigenvalue weighted by molar-refractivity contribution is -0.137. The molecule has 82 valence electrons. The topological polar surface area (TPSA) is 12.5 Å². The summed E-state index contributed by atoms with van der Waals surface area (Å²) in [5.74, 6) is 0. The van der Waals surface area contributed by atoms with Gasteiger partial charge in [-0.3, -0.25) is 0 Å². The summed E-state index contributed by atoms with van der Waals surface area (Å²) in [6.45, 7) is 1.74. The van der Waals surface area contributed by atoms with E-state index in [9.17, 15) is 13.2 Å². The van der Waals surface area contributed by atoms with Crippen molar-refractivity contribution >= 4 is 11.6 Å². The molecule has 0 aromatic heterocycles. The van der Waals surface area contributed by atoms with E-state index in [-0.39, 0.29) is 0 Å². The highest BCUT2D eigenvalue weighted by atomic mass is 35.5. The van der Waals surface area contributed by atoms with E-state index in [1.165, 1.54) is 12.1 Å². The maximum absolute atomic E-state index is 12.3. The van der Waals surface area contributed by atoms with Crippen LogP contribution in [0.5, 0.6) is 0 Å². The predicted molar refractivity (Wildman–Crippen MR) is 49.5 cm³/mol. The molecule has 1 aliphatic heterocycles. The van der Waals surface area contributed by atoms with Crippen LogP contribution in [0.4, 0.5) is 13.2 Å². The Morgan fingerprint density at radius 1 is 1.27 bits per heavy atom. The van der Waals surface area contributed by atoms with E-state index < -0.39 is 22.9 Å². The summed E-state index contributed by atoms with van der Waals surface area (Å²) >= 11 is 5.71. The first-order valence-electron chi connectivity index (χ1n) is 4.34. The van der Waals surface area contributed by atoms with Gasteiger partial charge >= 0.3 is 6.18 Å². The molecule has 2 rings (SSSR count). The zero-order valence-electron chi connectivity index (χ0n) is 7.81. The van der Waals surface area contributed by atoms with Crippen molar-refractivity contribution < 1.29 is 17.9 Å². The smallest absolute Gasteiger partial charge is 0.344 e. The highest BCUT2D eigenvalue weighted by molar-refractivity contribution is 6.22. The average molecular weight is 237 g/mol. The summed E-state index contributed by atoms with van der Waals surface area (Å²) in [6.07, 6.45) is -4.30. The van der Waals surface area contributed by atoms with Crippen LogP contribution in [0.2, 0.25) is 0 Å². The Kier molecular flexibility index (Phi) is 2.24. The van der Waals surface area contributed by atoms with Crippen molar-refractivity contribution in [1.82, 2.24) is 0 Å². The quantitative estimate of drug-likeness (QED) is 0.537. The van der Waals surface area contributed by atoms with Crippen LogP contribution in [-0.2, 0) is 16.5 Å². The molecular formula is C10H8ClF3O. The molecule has 0 bridgehead atoms. The highest BCUT2D eigenvalue weighted by Crippen LogP contribution is 2.48. The molecule has 1 aromatic rings. The zero-order valence-corrected chi connectivity index (χ0v) is 8.56. The minimum Gasteiger partial charge on any atom is -0.344 e. The first kappa shape index (κ1) is 10.8. The highest BCUT2D eigenvalue weighted by Gasteiger charge is 2.52. The number of epoxide rings is 1. The molecule has 0 radical (unpaired) electrons. The fourth-order valence-corrected chi connectivity index (χ4v) is 1.68. The van der Waals surface area contributed by atoms with E-state index in [0.29, 0.717) is 5.56 Å². The lowest BCUT2D eigenvalue weighted by Gasteiger charge is -2.09. The molecule has 2 atom stereocenters. The largest absolute Gasteiger partial charge is 0.416 e. The van der Waals surface area contributed by atoms with Gasteiger partial charge in [0.05, 0.1) is 5.56 Å². The van der Waals surface area contributed by atoms with E-state index in [1.54, 1.807) is 6.92 Å². The summed E-state index contributed by atoms with van der Waals surface area (Å²) in [6, 6.07) is 4.86. The van der Waals surface area contributed by atoms with Crippen LogP contribution in [-0.4, -0.2) is 5.56 Å². The van der Waals surface area contributed by atoms with Crippen molar-refractivity contribution in [3.63, 3.8) is 0 Å². The summed E-state index contributed by atoms with van der Waals surface area (Å²) in [5, 5.41) is 0. The maximum Gasteiger partial charge on any atom is 0.416 e. The van der Waals surface area contributed by atoms with Crippen molar-refractivity contribution in [2.24, 2.45) is 0 Å². The van der Waals surface area contributed by atoms with Crippen LogP contribution in [0, 0.1) is 0 Å². The van der Waals surface area contributed by atoms with Gasteiger partial charge < -0.3 is 4.74 Å². The molecule has 2 unspecified atom stereocenters. The molecule has 5 heteroatoms. The Morgan fingerprint density at radius 2 is 1.73 bits per heavy atom. The third-order valence-electron chi connectivity index (χ3n) is 2.51. The van der Waals surface area contributed by atoms with Crippen LogP contribution in [0.25, 0.3) is 0 Å². The molecule has 0 aliphatic carbocycles. The number of halogens is 4. The normalized spacial score (nSPS) is 30.3. The fourth-order valence-electron chi connectivity index (χ4n) is 1.37. The number of hydrogen-bond donors (Lipinski definition) is 0. The summed E-state index contributed by atoms with van der Waals surface area (Å²) in [7, 11) is 0.